The predicted molar refractivity (Wildman–Crippen MR) is 159 cm³/mol. The molecule has 1 atom stereocenters. The molecule has 0 aromatic heterocycles. The van der Waals surface area contributed by atoms with E-state index in [1.54, 1.807) is 24.3 Å². The molecule has 0 saturated carbocycles. The quantitative estimate of drug-likeness (QED) is 0.319. The summed E-state index contributed by atoms with van der Waals surface area (Å²) in [6.07, 6.45) is 1.04. The Morgan fingerprint density at radius 1 is 0.951 bits per heavy atom. The second kappa shape index (κ2) is 12.9. The van der Waals surface area contributed by atoms with Crippen molar-refractivity contribution in [2.45, 2.75) is 23.5 Å². The van der Waals surface area contributed by atoms with Crippen LogP contribution in [0.25, 0.3) is 0 Å². The van der Waals surface area contributed by atoms with E-state index >= 15 is 0 Å². The Morgan fingerprint density at radius 2 is 1.68 bits per heavy atom. The highest BCUT2D eigenvalue weighted by atomic mass is 35.5. The highest BCUT2D eigenvalue weighted by molar-refractivity contribution is 7.92. The number of nitrogens with one attached hydrogen (secondary N) is 2. The molecule has 1 fully saturated rings. The first-order valence-corrected chi connectivity index (χ1v) is 16.3. The molecule has 14 heteroatoms. The van der Waals surface area contributed by atoms with Gasteiger partial charge in [-0.1, -0.05) is 29.3 Å². The number of methoxy groups -OCH3 is 2. The molecule has 0 aliphatic carbocycles. The molecule has 1 saturated heterocycles. The summed E-state index contributed by atoms with van der Waals surface area (Å²) in [6, 6.07) is 15.1. The van der Waals surface area contributed by atoms with Crippen molar-refractivity contribution in [3.63, 3.8) is 0 Å². The number of hydrogen-bond acceptors (Lipinski definition) is 7. The molecule has 3 aromatic carbocycles. The van der Waals surface area contributed by atoms with Gasteiger partial charge in [0.25, 0.3) is 10.0 Å². The van der Waals surface area contributed by atoms with Crippen molar-refractivity contribution in [2.75, 3.05) is 37.3 Å². The molecular weight excluding hydrogens is 613 g/mol. The summed E-state index contributed by atoms with van der Waals surface area (Å²) in [5.74, 6) is -0.417. The average molecular weight is 643 g/mol. The average Bonchev–Trinajstić information content (AvgIpc) is 2.95. The lowest BCUT2D eigenvalue weighted by Crippen LogP contribution is -2.44. The number of hydrogen-bond donors (Lipinski definition) is 2. The summed E-state index contributed by atoms with van der Waals surface area (Å²) in [4.78, 5) is 13.0. The van der Waals surface area contributed by atoms with Crippen LogP contribution in [0.4, 0.5) is 11.4 Å². The minimum atomic E-state index is -3.98. The molecule has 41 heavy (non-hydrogen) atoms. The van der Waals surface area contributed by atoms with Crippen molar-refractivity contribution in [3.05, 3.63) is 76.3 Å². The second-order valence-corrected chi connectivity index (χ2v) is 13.9. The van der Waals surface area contributed by atoms with E-state index in [2.05, 4.69) is 10.0 Å². The van der Waals surface area contributed by atoms with E-state index in [-0.39, 0.29) is 33.8 Å². The number of carbonyl (C=O) groups is 1. The lowest BCUT2D eigenvalue weighted by atomic mass is 9.99. The number of carbonyl (C=O) groups excluding carboxylic acids is 1. The summed E-state index contributed by atoms with van der Waals surface area (Å²) in [5, 5.41) is 3.37. The summed E-state index contributed by atoms with van der Waals surface area (Å²) >= 11 is 12.0. The molecule has 0 bridgehead atoms. The molecule has 4 rings (SSSR count). The van der Waals surface area contributed by atoms with Crippen LogP contribution in [-0.4, -0.2) is 54.4 Å². The Hall–Kier alpha value is -3.03. The predicted octanol–water partition coefficient (Wildman–Crippen LogP) is 4.99. The van der Waals surface area contributed by atoms with Crippen molar-refractivity contribution >= 4 is 60.5 Å². The smallest absolute Gasteiger partial charge is 0.262 e. The van der Waals surface area contributed by atoms with E-state index in [9.17, 15) is 21.6 Å². The maximum Gasteiger partial charge on any atom is 0.262 e. The van der Waals surface area contributed by atoms with Gasteiger partial charge in [0.15, 0.2) is 0 Å². The molecule has 0 radical (unpaired) electrons. The van der Waals surface area contributed by atoms with E-state index in [1.165, 1.54) is 54.9 Å². The molecule has 0 unspecified atom stereocenters. The van der Waals surface area contributed by atoms with E-state index in [0.717, 1.165) is 0 Å². The maximum absolute atomic E-state index is 13.1. The number of nitrogens with zero attached hydrogens (tertiary/aromatic N) is 1. The molecule has 1 aliphatic heterocycles. The summed E-state index contributed by atoms with van der Waals surface area (Å²) < 4.78 is 66.3. The highest BCUT2D eigenvalue weighted by Gasteiger charge is 2.32. The summed E-state index contributed by atoms with van der Waals surface area (Å²) in [7, 11) is -4.79. The second-order valence-electron chi connectivity index (χ2n) is 9.39. The van der Waals surface area contributed by atoms with E-state index < -0.39 is 26.0 Å². The Kier molecular flexibility index (Phi) is 9.70. The van der Waals surface area contributed by atoms with Crippen LogP contribution < -0.4 is 19.5 Å². The highest BCUT2D eigenvalue weighted by Crippen LogP contribution is 2.31. The van der Waals surface area contributed by atoms with Crippen LogP contribution in [0.1, 0.15) is 18.4 Å². The zero-order valence-electron chi connectivity index (χ0n) is 22.3. The largest absolute Gasteiger partial charge is 0.497 e. The van der Waals surface area contributed by atoms with Crippen LogP contribution in [0.5, 0.6) is 11.5 Å². The third kappa shape index (κ3) is 7.63. The van der Waals surface area contributed by atoms with Gasteiger partial charge >= 0.3 is 0 Å². The Bertz CT molecular complexity index is 1630. The van der Waals surface area contributed by atoms with Gasteiger partial charge in [-0.2, -0.15) is 0 Å². The van der Waals surface area contributed by atoms with Gasteiger partial charge in [0.1, 0.15) is 11.5 Å². The van der Waals surface area contributed by atoms with E-state index in [4.69, 9.17) is 32.7 Å². The minimum absolute atomic E-state index is 0.0300. The van der Waals surface area contributed by atoms with Crippen LogP contribution in [0, 0.1) is 5.92 Å². The van der Waals surface area contributed by atoms with Crippen LogP contribution in [0.15, 0.2) is 65.6 Å². The van der Waals surface area contributed by atoms with Crippen molar-refractivity contribution in [1.82, 2.24) is 4.31 Å². The monoisotopic (exact) mass is 641 g/mol. The van der Waals surface area contributed by atoms with Gasteiger partial charge in [-0.15, -0.1) is 0 Å². The van der Waals surface area contributed by atoms with Crippen LogP contribution >= 0.6 is 23.2 Å². The fourth-order valence-corrected chi connectivity index (χ4v) is 7.38. The van der Waals surface area contributed by atoms with Crippen molar-refractivity contribution in [3.8, 4) is 11.5 Å². The molecule has 220 valence electrons. The zero-order chi connectivity index (χ0) is 29.8. The lowest BCUT2D eigenvalue weighted by Gasteiger charge is -2.31. The normalized spacial score (nSPS) is 16.1. The van der Waals surface area contributed by atoms with Crippen molar-refractivity contribution < 1.29 is 31.1 Å². The van der Waals surface area contributed by atoms with Gasteiger partial charge in [-0.25, -0.2) is 21.1 Å². The number of amides is 1. The Morgan fingerprint density at radius 3 is 2.34 bits per heavy atom. The van der Waals surface area contributed by atoms with Gasteiger partial charge in [-0.05, 0) is 66.9 Å². The van der Waals surface area contributed by atoms with Crippen LogP contribution in [0.3, 0.4) is 0 Å². The minimum Gasteiger partial charge on any atom is -0.497 e. The molecule has 1 amide bonds. The SMILES string of the molecule is COc1ccc(OC)c(NS(=O)(=O)c2ccc(NC(=O)[C@H]3CCCN(S(=O)(=O)Cc4ccc(Cl)c(Cl)c4)C3)cc2)c1. The van der Waals surface area contributed by atoms with Crippen LogP contribution in [0.2, 0.25) is 10.0 Å². The van der Waals surface area contributed by atoms with Gasteiger partial charge in [0.2, 0.25) is 15.9 Å². The zero-order valence-corrected chi connectivity index (χ0v) is 25.4. The van der Waals surface area contributed by atoms with Gasteiger partial charge < -0.3 is 14.8 Å². The first-order valence-electron chi connectivity index (χ1n) is 12.5. The topological polar surface area (TPSA) is 131 Å². The number of piperidine rings is 1. The molecule has 1 heterocycles. The van der Waals surface area contributed by atoms with E-state index in [1.807, 2.05) is 0 Å². The molecular formula is C27H29Cl2N3O7S2. The number of halogens is 2. The fourth-order valence-electron chi connectivity index (χ4n) is 4.40. The first-order chi connectivity index (χ1) is 19.4. The third-order valence-electron chi connectivity index (χ3n) is 6.56. The first kappa shape index (κ1) is 30.9. The van der Waals surface area contributed by atoms with Gasteiger partial charge in [0, 0.05) is 24.8 Å². The number of anilines is 2. The van der Waals surface area contributed by atoms with E-state index in [0.29, 0.717) is 47.2 Å². The molecule has 1 aliphatic rings. The van der Waals surface area contributed by atoms with Crippen molar-refractivity contribution in [1.29, 1.82) is 0 Å². The number of ether oxygens (including phenoxy) is 2. The molecule has 2 N–H and O–H groups in total. The summed E-state index contributed by atoms with van der Waals surface area (Å²) in [6.45, 7) is 0.347. The Balaban J connectivity index is 1.40. The van der Waals surface area contributed by atoms with Crippen LogP contribution in [-0.2, 0) is 30.6 Å². The number of benzene rings is 3. The third-order valence-corrected chi connectivity index (χ3v) is 10.5. The lowest BCUT2D eigenvalue weighted by molar-refractivity contribution is -0.120. The van der Waals surface area contributed by atoms with Crippen molar-refractivity contribution in [2.24, 2.45) is 5.92 Å². The maximum atomic E-state index is 13.1. The fraction of sp³-hybridized carbons (Fsp3) is 0.296. The standard InChI is InChI=1S/C27H29Cl2N3O7S2/c1-38-21-8-12-26(39-2)25(15-21)31-41(36,37)22-9-6-20(7-10-22)30-27(33)19-4-3-13-32(16-19)40(34,35)17-18-5-11-23(28)24(29)14-18/h5-12,14-15,19,31H,3-4,13,16-17H2,1-2H3,(H,30,33)/t19-/m0/s1. The van der Waals surface area contributed by atoms with Gasteiger partial charge in [0.05, 0.1) is 46.5 Å². The molecule has 3 aromatic rings. The van der Waals surface area contributed by atoms with Gasteiger partial charge in [-0.3, -0.25) is 9.52 Å². The number of sulfonamides is 2. The molecule has 10 nitrogen and oxygen atoms in total. The number of rotatable bonds is 10. The summed E-state index contributed by atoms with van der Waals surface area (Å²) in [5.41, 5.74) is 1.09. The Labute approximate surface area is 249 Å². The molecule has 0 spiro atoms.